The Morgan fingerprint density at radius 1 is 1.12 bits per heavy atom. The number of nitrogens with one attached hydrogen (secondary N) is 1. The van der Waals surface area contributed by atoms with Crippen molar-refractivity contribution < 1.29 is 13.9 Å². The number of aromatic nitrogens is 1. The van der Waals surface area contributed by atoms with Gasteiger partial charge in [-0.2, -0.15) is 0 Å². The normalized spacial score (nSPS) is 10.6. The molecule has 26 heavy (non-hydrogen) atoms. The average Bonchev–Trinajstić information content (AvgIpc) is 2.95. The number of halogens is 1. The average molecular weight is 370 g/mol. The van der Waals surface area contributed by atoms with E-state index < -0.39 is 0 Å². The molecule has 1 heterocycles. The molecule has 0 fully saturated rings. The first-order chi connectivity index (χ1) is 12.4. The third-order valence-electron chi connectivity index (χ3n) is 3.92. The number of rotatable bonds is 5. The molecule has 2 aromatic carbocycles. The Balaban J connectivity index is 1.67. The van der Waals surface area contributed by atoms with Gasteiger partial charge in [-0.3, -0.25) is 10.1 Å². The lowest BCUT2D eigenvalue weighted by Gasteiger charge is -2.11. The third kappa shape index (κ3) is 4.08. The maximum atomic E-state index is 13.1. The van der Waals surface area contributed by atoms with Crippen LogP contribution in [0.3, 0.4) is 0 Å². The van der Waals surface area contributed by atoms with E-state index >= 15 is 0 Å². The van der Waals surface area contributed by atoms with Crippen molar-refractivity contribution in [2.45, 2.75) is 20.8 Å². The second kappa shape index (κ2) is 7.66. The fraction of sp³-hybridized carbons (Fsp3) is 0.200. The van der Waals surface area contributed by atoms with E-state index in [9.17, 15) is 9.18 Å². The van der Waals surface area contributed by atoms with E-state index in [1.807, 2.05) is 39.0 Å². The Morgan fingerprint density at radius 3 is 2.42 bits per heavy atom. The van der Waals surface area contributed by atoms with E-state index in [1.54, 1.807) is 12.1 Å². The zero-order valence-electron chi connectivity index (χ0n) is 14.8. The van der Waals surface area contributed by atoms with Gasteiger partial charge in [-0.15, -0.1) is 11.3 Å². The first-order valence-electron chi connectivity index (χ1n) is 8.16. The molecule has 0 bridgehead atoms. The van der Waals surface area contributed by atoms with Gasteiger partial charge in [0.05, 0.1) is 5.69 Å². The predicted molar refractivity (Wildman–Crippen MR) is 102 cm³/mol. The van der Waals surface area contributed by atoms with Crippen molar-refractivity contribution in [3.05, 3.63) is 64.3 Å². The molecule has 4 nitrogen and oxygen atoms in total. The van der Waals surface area contributed by atoms with Crippen LogP contribution in [-0.2, 0) is 4.79 Å². The summed E-state index contributed by atoms with van der Waals surface area (Å²) in [5.74, 6) is 0.163. The monoisotopic (exact) mass is 370 g/mol. The summed E-state index contributed by atoms with van der Waals surface area (Å²) in [6.07, 6.45) is 0. The maximum Gasteiger partial charge on any atom is 0.264 e. The van der Waals surface area contributed by atoms with Crippen LogP contribution in [0.25, 0.3) is 11.3 Å². The molecule has 0 radical (unpaired) electrons. The molecule has 3 rings (SSSR count). The van der Waals surface area contributed by atoms with Crippen LogP contribution in [0.4, 0.5) is 9.52 Å². The molecular weight excluding hydrogens is 351 g/mol. The van der Waals surface area contributed by atoms with E-state index in [-0.39, 0.29) is 18.3 Å². The van der Waals surface area contributed by atoms with Gasteiger partial charge in [-0.25, -0.2) is 9.37 Å². The second-order valence-electron chi connectivity index (χ2n) is 5.99. The van der Waals surface area contributed by atoms with Crippen LogP contribution >= 0.6 is 11.3 Å². The summed E-state index contributed by atoms with van der Waals surface area (Å²) in [7, 11) is 0. The van der Waals surface area contributed by atoms with Crippen molar-refractivity contribution in [1.29, 1.82) is 0 Å². The van der Waals surface area contributed by atoms with Gasteiger partial charge in [0.15, 0.2) is 11.7 Å². The zero-order chi connectivity index (χ0) is 18.7. The molecule has 1 amide bonds. The number of aryl methyl sites for hydroxylation is 3. The van der Waals surface area contributed by atoms with Crippen molar-refractivity contribution in [2.75, 3.05) is 11.9 Å². The summed E-state index contributed by atoms with van der Waals surface area (Å²) in [5, 5.41) is 3.26. The van der Waals surface area contributed by atoms with Crippen LogP contribution in [0.2, 0.25) is 0 Å². The molecule has 1 aromatic heterocycles. The minimum Gasteiger partial charge on any atom is -0.483 e. The highest BCUT2D eigenvalue weighted by Crippen LogP contribution is 2.30. The van der Waals surface area contributed by atoms with Crippen LogP contribution in [0.1, 0.15) is 16.0 Å². The minimum atomic E-state index is -0.293. The standard InChI is InChI=1S/C20H19FN2O2S/c1-12-5-4-6-13(2)19(12)25-11-17(24)22-20-23-18(14(3)26-20)15-7-9-16(21)10-8-15/h4-10H,11H2,1-3H3,(H,22,23,24). The van der Waals surface area contributed by atoms with Gasteiger partial charge in [-0.1, -0.05) is 18.2 Å². The fourth-order valence-electron chi connectivity index (χ4n) is 2.65. The number of hydrogen-bond acceptors (Lipinski definition) is 4. The molecular formula is C20H19FN2O2S. The summed E-state index contributed by atoms with van der Waals surface area (Å²) in [6, 6.07) is 12.0. The predicted octanol–water partition coefficient (Wildman–Crippen LogP) is 4.89. The highest BCUT2D eigenvalue weighted by Gasteiger charge is 2.13. The molecule has 0 atom stereocenters. The van der Waals surface area contributed by atoms with Crippen molar-refractivity contribution in [2.24, 2.45) is 0 Å². The van der Waals surface area contributed by atoms with Gasteiger partial charge in [0.1, 0.15) is 11.6 Å². The van der Waals surface area contributed by atoms with Gasteiger partial charge >= 0.3 is 0 Å². The van der Waals surface area contributed by atoms with Crippen molar-refractivity contribution >= 4 is 22.4 Å². The number of ether oxygens (including phenoxy) is 1. The van der Waals surface area contributed by atoms with Gasteiger partial charge in [0, 0.05) is 10.4 Å². The second-order valence-corrected chi connectivity index (χ2v) is 7.19. The minimum absolute atomic E-state index is 0.0871. The maximum absolute atomic E-state index is 13.1. The summed E-state index contributed by atoms with van der Waals surface area (Å²) in [6.45, 7) is 5.72. The molecule has 134 valence electrons. The van der Waals surface area contributed by atoms with Crippen LogP contribution in [-0.4, -0.2) is 17.5 Å². The number of thiazole rings is 1. The van der Waals surface area contributed by atoms with E-state index in [4.69, 9.17) is 4.74 Å². The molecule has 0 saturated carbocycles. The first kappa shape index (κ1) is 18.1. The van der Waals surface area contributed by atoms with Gasteiger partial charge < -0.3 is 4.74 Å². The van der Waals surface area contributed by atoms with Crippen molar-refractivity contribution in [1.82, 2.24) is 4.98 Å². The topological polar surface area (TPSA) is 51.2 Å². The molecule has 0 aliphatic carbocycles. The lowest BCUT2D eigenvalue weighted by Crippen LogP contribution is -2.20. The summed E-state index contributed by atoms with van der Waals surface area (Å²) in [5.41, 5.74) is 3.52. The summed E-state index contributed by atoms with van der Waals surface area (Å²) >= 11 is 1.38. The Kier molecular flexibility index (Phi) is 5.32. The van der Waals surface area contributed by atoms with Crippen molar-refractivity contribution in [3.8, 4) is 17.0 Å². The molecule has 0 saturated heterocycles. The van der Waals surface area contributed by atoms with Crippen LogP contribution in [0.5, 0.6) is 5.75 Å². The van der Waals surface area contributed by atoms with Crippen molar-refractivity contribution in [3.63, 3.8) is 0 Å². The Morgan fingerprint density at radius 2 is 1.77 bits per heavy atom. The number of carbonyl (C=O) groups is 1. The van der Waals surface area contributed by atoms with E-state index in [0.717, 1.165) is 33.0 Å². The smallest absolute Gasteiger partial charge is 0.264 e. The third-order valence-corrected chi connectivity index (χ3v) is 4.80. The Labute approximate surface area is 155 Å². The fourth-order valence-corrected chi connectivity index (χ4v) is 3.50. The van der Waals surface area contributed by atoms with E-state index in [1.165, 1.54) is 23.5 Å². The molecule has 0 spiro atoms. The molecule has 0 aliphatic rings. The molecule has 0 aliphatic heterocycles. The van der Waals surface area contributed by atoms with Crippen LogP contribution in [0.15, 0.2) is 42.5 Å². The number of hydrogen-bond donors (Lipinski definition) is 1. The van der Waals surface area contributed by atoms with Crippen LogP contribution < -0.4 is 10.1 Å². The quantitative estimate of drug-likeness (QED) is 0.695. The van der Waals surface area contributed by atoms with Gasteiger partial charge in [-0.05, 0) is 56.2 Å². The molecule has 6 heteroatoms. The number of para-hydroxylation sites is 1. The highest BCUT2D eigenvalue weighted by atomic mass is 32.1. The van der Waals surface area contributed by atoms with E-state index in [2.05, 4.69) is 10.3 Å². The molecule has 1 N–H and O–H groups in total. The highest BCUT2D eigenvalue weighted by molar-refractivity contribution is 7.16. The number of nitrogens with zero attached hydrogens (tertiary/aromatic N) is 1. The number of amides is 1. The lowest BCUT2D eigenvalue weighted by atomic mass is 10.1. The number of anilines is 1. The Bertz CT molecular complexity index is 915. The van der Waals surface area contributed by atoms with Crippen LogP contribution in [0, 0.1) is 26.6 Å². The van der Waals surface area contributed by atoms with E-state index in [0.29, 0.717) is 5.13 Å². The largest absolute Gasteiger partial charge is 0.483 e. The lowest BCUT2D eigenvalue weighted by molar-refractivity contribution is -0.118. The molecule has 3 aromatic rings. The SMILES string of the molecule is Cc1cccc(C)c1OCC(=O)Nc1nc(-c2ccc(F)cc2)c(C)s1. The number of carbonyl (C=O) groups excluding carboxylic acids is 1. The number of benzene rings is 2. The Hall–Kier alpha value is -2.73. The van der Waals surface area contributed by atoms with Gasteiger partial charge in [0.25, 0.3) is 5.91 Å². The molecule has 0 unspecified atom stereocenters. The zero-order valence-corrected chi connectivity index (χ0v) is 15.6. The summed E-state index contributed by atoms with van der Waals surface area (Å²) < 4.78 is 18.7. The van der Waals surface area contributed by atoms with Gasteiger partial charge in [0.2, 0.25) is 0 Å². The summed E-state index contributed by atoms with van der Waals surface area (Å²) in [4.78, 5) is 17.6. The first-order valence-corrected chi connectivity index (χ1v) is 8.98.